The van der Waals surface area contributed by atoms with Crippen molar-refractivity contribution >= 4 is 18.3 Å². The maximum Gasteiger partial charge on any atom is 0.220 e. The largest absolute Gasteiger partial charge is 0.352 e. The molecule has 3 nitrogen and oxygen atoms in total. The zero-order valence-electron chi connectivity index (χ0n) is 11.1. The fourth-order valence-corrected chi connectivity index (χ4v) is 2.26. The minimum Gasteiger partial charge on any atom is -0.352 e. The lowest BCUT2D eigenvalue weighted by Crippen LogP contribution is -2.45. The van der Waals surface area contributed by atoms with Gasteiger partial charge in [0.15, 0.2) is 0 Å². The molecule has 0 radical (unpaired) electrons. The number of halogens is 3. The molecule has 1 aromatic carbocycles. The summed E-state index contributed by atoms with van der Waals surface area (Å²) < 4.78 is 26.3. The number of benzene rings is 1. The highest BCUT2D eigenvalue weighted by Crippen LogP contribution is 2.12. The molecule has 2 rings (SSSR count). The Morgan fingerprint density at radius 3 is 2.90 bits per heavy atom. The van der Waals surface area contributed by atoms with Crippen molar-refractivity contribution in [1.82, 2.24) is 10.6 Å². The Bertz CT molecular complexity index is 451. The molecule has 112 valence electrons. The van der Waals surface area contributed by atoms with Crippen molar-refractivity contribution in [3.63, 3.8) is 0 Å². The molecule has 0 bridgehead atoms. The molecular weight excluding hydrogens is 286 g/mol. The van der Waals surface area contributed by atoms with E-state index in [-0.39, 0.29) is 42.8 Å². The molecule has 1 atom stereocenters. The maximum absolute atomic E-state index is 13.4. The first-order chi connectivity index (χ1) is 9.15. The van der Waals surface area contributed by atoms with E-state index in [1.807, 2.05) is 0 Å². The van der Waals surface area contributed by atoms with E-state index in [1.54, 1.807) is 0 Å². The second kappa shape index (κ2) is 8.17. The Balaban J connectivity index is 0.00000200. The van der Waals surface area contributed by atoms with Crippen LogP contribution in [-0.2, 0) is 11.2 Å². The van der Waals surface area contributed by atoms with Crippen molar-refractivity contribution in [2.75, 3.05) is 13.1 Å². The molecular formula is C14H19ClF2N2O. The average molecular weight is 305 g/mol. The van der Waals surface area contributed by atoms with Crippen molar-refractivity contribution in [3.8, 4) is 0 Å². The Kier molecular flexibility index (Phi) is 6.88. The molecule has 1 heterocycles. The molecule has 0 aliphatic carbocycles. The number of rotatable bonds is 4. The summed E-state index contributed by atoms with van der Waals surface area (Å²) in [6.07, 6.45) is 2.41. The molecule has 1 saturated heterocycles. The Labute approximate surface area is 123 Å². The number of hydrogen-bond acceptors (Lipinski definition) is 2. The first kappa shape index (κ1) is 16.9. The van der Waals surface area contributed by atoms with Gasteiger partial charge in [-0.15, -0.1) is 12.4 Å². The third kappa shape index (κ3) is 5.06. The Morgan fingerprint density at radius 1 is 1.40 bits per heavy atom. The summed E-state index contributed by atoms with van der Waals surface area (Å²) in [5.74, 6) is -1.06. The summed E-state index contributed by atoms with van der Waals surface area (Å²) in [6.45, 7) is 1.76. The molecule has 1 aliphatic heterocycles. The highest BCUT2D eigenvalue weighted by Gasteiger charge is 2.15. The third-order valence-electron chi connectivity index (χ3n) is 3.29. The van der Waals surface area contributed by atoms with Crippen LogP contribution in [0.3, 0.4) is 0 Å². The lowest BCUT2D eigenvalue weighted by molar-refractivity contribution is -0.121. The zero-order valence-corrected chi connectivity index (χ0v) is 11.9. The van der Waals surface area contributed by atoms with Crippen LogP contribution in [0.4, 0.5) is 8.78 Å². The van der Waals surface area contributed by atoms with Gasteiger partial charge < -0.3 is 10.6 Å². The molecule has 0 aromatic heterocycles. The summed E-state index contributed by atoms with van der Waals surface area (Å²) in [6, 6.07) is 3.46. The van der Waals surface area contributed by atoms with Crippen molar-refractivity contribution in [1.29, 1.82) is 0 Å². The molecule has 2 N–H and O–H groups in total. The standard InChI is InChI=1S/C14H18F2N2O.ClH/c15-11-4-5-13(16)10(8-11)3-6-14(19)18-12-2-1-7-17-9-12;/h4-5,8,12,17H,1-3,6-7,9H2,(H,18,19);1H. The number of carbonyl (C=O) groups excluding carboxylic acids is 1. The van der Waals surface area contributed by atoms with E-state index in [4.69, 9.17) is 0 Å². The first-order valence-electron chi connectivity index (χ1n) is 6.59. The van der Waals surface area contributed by atoms with Gasteiger partial charge in [-0.05, 0) is 49.6 Å². The number of nitrogens with one attached hydrogen (secondary N) is 2. The molecule has 6 heteroatoms. The van der Waals surface area contributed by atoms with E-state index in [9.17, 15) is 13.6 Å². The van der Waals surface area contributed by atoms with E-state index in [2.05, 4.69) is 10.6 Å². The van der Waals surface area contributed by atoms with Gasteiger partial charge in [0.2, 0.25) is 5.91 Å². The number of hydrogen-bond donors (Lipinski definition) is 2. The van der Waals surface area contributed by atoms with Crippen LogP contribution >= 0.6 is 12.4 Å². The third-order valence-corrected chi connectivity index (χ3v) is 3.29. The minimum atomic E-state index is -0.478. The normalized spacial score (nSPS) is 18.2. The molecule has 1 unspecified atom stereocenters. The van der Waals surface area contributed by atoms with Crippen molar-refractivity contribution in [2.24, 2.45) is 0 Å². The van der Waals surface area contributed by atoms with E-state index < -0.39 is 11.6 Å². The van der Waals surface area contributed by atoms with E-state index in [1.165, 1.54) is 0 Å². The van der Waals surface area contributed by atoms with Crippen LogP contribution in [0.2, 0.25) is 0 Å². The van der Waals surface area contributed by atoms with Crippen molar-refractivity contribution in [3.05, 3.63) is 35.4 Å². The smallest absolute Gasteiger partial charge is 0.220 e. The van der Waals surface area contributed by atoms with Gasteiger partial charge >= 0.3 is 0 Å². The van der Waals surface area contributed by atoms with Crippen LogP contribution in [0.5, 0.6) is 0 Å². The first-order valence-corrected chi connectivity index (χ1v) is 6.59. The van der Waals surface area contributed by atoms with Crippen LogP contribution in [0, 0.1) is 11.6 Å². The fourth-order valence-electron chi connectivity index (χ4n) is 2.26. The molecule has 1 amide bonds. The number of aryl methyl sites for hydroxylation is 1. The molecule has 1 aromatic rings. The number of amides is 1. The monoisotopic (exact) mass is 304 g/mol. The summed E-state index contributed by atoms with van der Waals surface area (Å²) >= 11 is 0. The van der Waals surface area contributed by atoms with Gasteiger partial charge in [-0.1, -0.05) is 0 Å². The summed E-state index contributed by atoms with van der Waals surface area (Å²) in [7, 11) is 0. The minimum absolute atomic E-state index is 0. The van der Waals surface area contributed by atoms with Gasteiger partial charge in [0.25, 0.3) is 0 Å². The van der Waals surface area contributed by atoms with Crippen LogP contribution in [0.25, 0.3) is 0 Å². The van der Waals surface area contributed by atoms with Gasteiger partial charge in [0.05, 0.1) is 0 Å². The lowest BCUT2D eigenvalue weighted by Gasteiger charge is -2.23. The van der Waals surface area contributed by atoms with Gasteiger partial charge in [-0.2, -0.15) is 0 Å². The van der Waals surface area contributed by atoms with E-state index in [0.29, 0.717) is 0 Å². The van der Waals surface area contributed by atoms with Gasteiger partial charge in [-0.25, -0.2) is 8.78 Å². The van der Waals surface area contributed by atoms with Gasteiger partial charge in [0, 0.05) is 19.0 Å². The molecule has 0 saturated carbocycles. The number of carbonyl (C=O) groups is 1. The molecule has 1 fully saturated rings. The summed E-state index contributed by atoms with van der Waals surface area (Å²) in [5, 5.41) is 6.11. The highest BCUT2D eigenvalue weighted by molar-refractivity contribution is 5.85. The van der Waals surface area contributed by atoms with Crippen LogP contribution in [0.15, 0.2) is 18.2 Å². The van der Waals surface area contributed by atoms with Crippen molar-refractivity contribution in [2.45, 2.75) is 31.7 Å². The predicted molar refractivity (Wildman–Crippen MR) is 76.0 cm³/mol. The second-order valence-corrected chi connectivity index (χ2v) is 4.85. The summed E-state index contributed by atoms with van der Waals surface area (Å²) in [4.78, 5) is 11.7. The zero-order chi connectivity index (χ0) is 13.7. The molecule has 1 aliphatic rings. The van der Waals surface area contributed by atoms with E-state index >= 15 is 0 Å². The molecule has 20 heavy (non-hydrogen) atoms. The quantitative estimate of drug-likeness (QED) is 0.895. The second-order valence-electron chi connectivity index (χ2n) is 4.85. The lowest BCUT2D eigenvalue weighted by atomic mass is 10.1. The average Bonchev–Trinajstić information content (AvgIpc) is 2.41. The van der Waals surface area contributed by atoms with Gasteiger partial charge in [-0.3, -0.25) is 4.79 Å². The Hall–Kier alpha value is -1.20. The highest BCUT2D eigenvalue weighted by atomic mass is 35.5. The summed E-state index contributed by atoms with van der Waals surface area (Å²) in [5.41, 5.74) is 0.247. The Morgan fingerprint density at radius 2 is 2.20 bits per heavy atom. The van der Waals surface area contributed by atoms with Crippen LogP contribution in [0.1, 0.15) is 24.8 Å². The maximum atomic E-state index is 13.4. The molecule has 0 spiro atoms. The van der Waals surface area contributed by atoms with E-state index in [0.717, 1.165) is 44.1 Å². The van der Waals surface area contributed by atoms with Crippen LogP contribution in [-0.4, -0.2) is 25.0 Å². The SMILES string of the molecule is Cl.O=C(CCc1cc(F)ccc1F)NC1CCCNC1. The number of piperidine rings is 1. The predicted octanol–water partition coefficient (Wildman–Crippen LogP) is 2.19. The van der Waals surface area contributed by atoms with Crippen LogP contribution < -0.4 is 10.6 Å². The van der Waals surface area contributed by atoms with Crippen molar-refractivity contribution < 1.29 is 13.6 Å². The van der Waals surface area contributed by atoms with Gasteiger partial charge in [0.1, 0.15) is 11.6 Å². The topological polar surface area (TPSA) is 41.1 Å². The fraction of sp³-hybridized carbons (Fsp3) is 0.500.